The number of hydrogen-bond acceptors (Lipinski definition) is 3. The van der Waals surface area contributed by atoms with Gasteiger partial charge in [-0.15, -0.1) is 0 Å². The van der Waals surface area contributed by atoms with Crippen LogP contribution in [-0.4, -0.2) is 19.2 Å². The molecule has 0 fully saturated rings. The highest BCUT2D eigenvalue weighted by Crippen LogP contribution is 2.24. The average molecular weight is 206 g/mol. The number of ether oxygens (including phenoxy) is 1. The highest BCUT2D eigenvalue weighted by Gasteiger charge is 2.22. The van der Waals surface area contributed by atoms with Crippen LogP contribution in [0.15, 0.2) is 18.2 Å². The number of fused-ring (bicyclic) bond motifs is 1. The number of methoxy groups -OCH3 is 1. The fraction of sp³-hybridized carbons (Fsp3) is 0.364. The van der Waals surface area contributed by atoms with E-state index < -0.39 is 0 Å². The summed E-state index contributed by atoms with van der Waals surface area (Å²) in [6.07, 6.45) is 1.31. The lowest BCUT2D eigenvalue weighted by Crippen LogP contribution is -2.35. The molecule has 1 amide bonds. The van der Waals surface area contributed by atoms with Crippen LogP contribution in [0.1, 0.15) is 11.1 Å². The Morgan fingerprint density at radius 1 is 1.47 bits per heavy atom. The first-order chi connectivity index (χ1) is 7.19. The lowest BCUT2D eigenvalue weighted by atomic mass is 10.1. The largest absolute Gasteiger partial charge is 0.453 e. The highest BCUT2D eigenvalue weighted by molar-refractivity contribution is 5.67. The Labute approximate surface area is 88.4 Å². The van der Waals surface area contributed by atoms with Crippen LogP contribution >= 0.6 is 0 Å². The molecule has 15 heavy (non-hydrogen) atoms. The second-order valence-corrected chi connectivity index (χ2v) is 3.77. The quantitative estimate of drug-likeness (QED) is 0.676. The molecule has 2 rings (SSSR count). The standard InChI is InChI=1S/C11H14N2O2/c1-15-11(14)13-10-5-7-2-3-9(12)4-8(7)6-10/h2-4,10H,5-6,12H2,1H3,(H,13,14)/t10-/m0/s1. The van der Waals surface area contributed by atoms with Crippen molar-refractivity contribution in [3.05, 3.63) is 29.3 Å². The molecule has 0 bridgehead atoms. The van der Waals surface area contributed by atoms with Crippen molar-refractivity contribution in [2.24, 2.45) is 0 Å². The molecule has 80 valence electrons. The van der Waals surface area contributed by atoms with Crippen LogP contribution in [0.3, 0.4) is 0 Å². The predicted molar refractivity (Wildman–Crippen MR) is 57.6 cm³/mol. The third kappa shape index (κ3) is 2.03. The van der Waals surface area contributed by atoms with Gasteiger partial charge in [0.2, 0.25) is 0 Å². The van der Waals surface area contributed by atoms with Crippen molar-refractivity contribution in [2.75, 3.05) is 12.8 Å². The van der Waals surface area contributed by atoms with Crippen molar-refractivity contribution in [3.63, 3.8) is 0 Å². The van der Waals surface area contributed by atoms with Crippen molar-refractivity contribution in [2.45, 2.75) is 18.9 Å². The Morgan fingerprint density at radius 2 is 2.20 bits per heavy atom. The fourth-order valence-corrected chi connectivity index (χ4v) is 1.97. The second kappa shape index (κ2) is 3.81. The van der Waals surface area contributed by atoms with Gasteiger partial charge < -0.3 is 15.8 Å². The summed E-state index contributed by atoms with van der Waals surface area (Å²) in [4.78, 5) is 11.0. The molecule has 0 heterocycles. The molecule has 1 aromatic carbocycles. The summed E-state index contributed by atoms with van der Waals surface area (Å²) in [5.41, 5.74) is 8.94. The van der Waals surface area contributed by atoms with Gasteiger partial charge in [-0.25, -0.2) is 4.79 Å². The molecule has 1 aliphatic carbocycles. The van der Waals surface area contributed by atoms with E-state index in [1.54, 1.807) is 0 Å². The number of benzene rings is 1. The molecule has 3 N–H and O–H groups in total. The summed E-state index contributed by atoms with van der Waals surface area (Å²) in [6, 6.07) is 6.01. The molecule has 0 saturated heterocycles. The number of nitrogens with one attached hydrogen (secondary N) is 1. The van der Waals surface area contributed by atoms with Gasteiger partial charge in [0, 0.05) is 11.7 Å². The Hall–Kier alpha value is -1.71. The van der Waals surface area contributed by atoms with Crippen molar-refractivity contribution < 1.29 is 9.53 Å². The Morgan fingerprint density at radius 3 is 2.93 bits per heavy atom. The maximum atomic E-state index is 11.0. The number of hydrogen-bond donors (Lipinski definition) is 2. The van der Waals surface area contributed by atoms with E-state index in [9.17, 15) is 4.79 Å². The van der Waals surface area contributed by atoms with E-state index in [-0.39, 0.29) is 12.1 Å². The number of rotatable bonds is 1. The maximum Gasteiger partial charge on any atom is 0.407 e. The molecule has 1 aliphatic rings. The molecule has 4 nitrogen and oxygen atoms in total. The van der Waals surface area contributed by atoms with Gasteiger partial charge in [0.15, 0.2) is 0 Å². The van der Waals surface area contributed by atoms with E-state index >= 15 is 0 Å². The molecular formula is C11H14N2O2. The Kier molecular flexibility index (Phi) is 2.49. The summed E-state index contributed by atoms with van der Waals surface area (Å²) < 4.78 is 4.56. The second-order valence-electron chi connectivity index (χ2n) is 3.77. The summed E-state index contributed by atoms with van der Waals surface area (Å²) >= 11 is 0. The fourth-order valence-electron chi connectivity index (χ4n) is 1.97. The summed E-state index contributed by atoms with van der Waals surface area (Å²) in [6.45, 7) is 0. The molecule has 0 saturated carbocycles. The number of alkyl carbamates (subject to hydrolysis) is 1. The van der Waals surface area contributed by atoms with Crippen molar-refractivity contribution in [3.8, 4) is 0 Å². The van der Waals surface area contributed by atoms with Gasteiger partial charge in [-0.2, -0.15) is 0 Å². The van der Waals surface area contributed by atoms with E-state index in [1.807, 2.05) is 18.2 Å². The number of amides is 1. The van der Waals surface area contributed by atoms with Crippen LogP contribution < -0.4 is 11.1 Å². The van der Waals surface area contributed by atoms with E-state index in [0.29, 0.717) is 0 Å². The predicted octanol–water partition coefficient (Wildman–Crippen LogP) is 1.09. The van der Waals surface area contributed by atoms with Crippen molar-refractivity contribution in [1.82, 2.24) is 5.32 Å². The maximum absolute atomic E-state index is 11.0. The highest BCUT2D eigenvalue weighted by atomic mass is 16.5. The molecule has 0 radical (unpaired) electrons. The number of carbonyl (C=O) groups excluding carboxylic acids is 1. The zero-order valence-corrected chi connectivity index (χ0v) is 8.62. The molecule has 0 spiro atoms. The minimum atomic E-state index is -0.374. The van der Waals surface area contributed by atoms with Gasteiger partial charge in [-0.1, -0.05) is 6.07 Å². The first kappa shape index (κ1) is 9.83. The van der Waals surface area contributed by atoms with Gasteiger partial charge >= 0.3 is 6.09 Å². The van der Waals surface area contributed by atoms with E-state index in [0.717, 1.165) is 18.5 Å². The molecule has 4 heteroatoms. The number of carbonyl (C=O) groups is 1. The molecule has 1 aromatic rings. The molecule has 0 aromatic heterocycles. The molecule has 0 aliphatic heterocycles. The van der Waals surface area contributed by atoms with Crippen LogP contribution in [0.25, 0.3) is 0 Å². The van der Waals surface area contributed by atoms with Gasteiger partial charge in [0.05, 0.1) is 7.11 Å². The normalized spacial score (nSPS) is 18.3. The van der Waals surface area contributed by atoms with E-state index in [4.69, 9.17) is 5.73 Å². The lowest BCUT2D eigenvalue weighted by Gasteiger charge is -2.09. The smallest absolute Gasteiger partial charge is 0.407 e. The minimum absolute atomic E-state index is 0.134. The van der Waals surface area contributed by atoms with Crippen LogP contribution in [0.4, 0.5) is 10.5 Å². The molecule has 0 unspecified atom stereocenters. The molecule has 1 atom stereocenters. The van der Waals surface area contributed by atoms with Crippen LogP contribution in [0.2, 0.25) is 0 Å². The third-order valence-electron chi connectivity index (χ3n) is 2.67. The monoisotopic (exact) mass is 206 g/mol. The molecular weight excluding hydrogens is 192 g/mol. The van der Waals surface area contributed by atoms with Gasteiger partial charge in [0.1, 0.15) is 0 Å². The van der Waals surface area contributed by atoms with Crippen molar-refractivity contribution in [1.29, 1.82) is 0 Å². The van der Waals surface area contributed by atoms with E-state index in [1.165, 1.54) is 18.2 Å². The van der Waals surface area contributed by atoms with Crippen LogP contribution in [0.5, 0.6) is 0 Å². The zero-order valence-electron chi connectivity index (χ0n) is 8.62. The van der Waals surface area contributed by atoms with Gasteiger partial charge in [0.25, 0.3) is 0 Å². The van der Waals surface area contributed by atoms with Gasteiger partial charge in [-0.05, 0) is 36.1 Å². The summed E-state index contributed by atoms with van der Waals surface area (Å²) in [5, 5.41) is 2.79. The third-order valence-corrected chi connectivity index (χ3v) is 2.67. The van der Waals surface area contributed by atoms with E-state index in [2.05, 4.69) is 10.1 Å². The first-order valence-electron chi connectivity index (χ1n) is 4.91. The number of nitrogen functional groups attached to an aromatic ring is 1. The first-order valence-corrected chi connectivity index (χ1v) is 4.91. The summed E-state index contributed by atoms with van der Waals surface area (Å²) in [5.74, 6) is 0. The van der Waals surface area contributed by atoms with Crippen molar-refractivity contribution >= 4 is 11.8 Å². The van der Waals surface area contributed by atoms with Gasteiger partial charge in [-0.3, -0.25) is 0 Å². The Balaban J connectivity index is 2.06. The number of nitrogens with two attached hydrogens (primary N) is 1. The van der Waals surface area contributed by atoms with Crippen LogP contribution in [0, 0.1) is 0 Å². The zero-order chi connectivity index (χ0) is 10.8. The minimum Gasteiger partial charge on any atom is -0.453 e. The summed E-state index contributed by atoms with van der Waals surface area (Å²) in [7, 11) is 1.37. The topological polar surface area (TPSA) is 64.3 Å². The lowest BCUT2D eigenvalue weighted by molar-refractivity contribution is 0.167. The Bertz CT molecular complexity index is 390. The average Bonchev–Trinajstić information content (AvgIpc) is 2.59. The SMILES string of the molecule is COC(=O)N[C@H]1Cc2ccc(N)cc2C1. The van der Waals surface area contributed by atoms with Crippen LogP contribution in [-0.2, 0) is 17.6 Å². The number of anilines is 1.